The summed E-state index contributed by atoms with van der Waals surface area (Å²) in [5, 5.41) is 46.1. The molecule has 0 saturated carbocycles. The Hall–Kier alpha value is -0.804. The van der Waals surface area contributed by atoms with Gasteiger partial charge in [0.1, 0.15) is 27.7 Å². The number of rotatable bonds is 0. The van der Waals surface area contributed by atoms with Crippen LogP contribution in [-0.4, -0.2) is 56.7 Å². The molecule has 0 fully saturated rings. The van der Waals surface area contributed by atoms with Crippen molar-refractivity contribution in [3.63, 3.8) is 0 Å². The Kier molecular flexibility index (Phi) is 5830. The fourth-order valence-corrected chi connectivity index (χ4v) is 0. The van der Waals surface area contributed by atoms with Gasteiger partial charge < -0.3 is 36.5 Å². The number of hydrogen-bond acceptors (Lipinski definition) is 6. The number of aliphatic hydroxyl groups excluding tert-OH is 2. The van der Waals surface area contributed by atoms with E-state index >= 15 is 0 Å². The minimum Gasteiger partial charge on any atom is -0.857 e. The van der Waals surface area contributed by atoms with Crippen molar-refractivity contribution >= 4 is 0 Å². The molecule has 0 bridgehead atoms. The largest absolute Gasteiger partial charge is 0.857 e. The molecule has 1 radical (unpaired) electrons. The zero-order chi connectivity index (χ0) is 18.1. The second kappa shape index (κ2) is 1540. The van der Waals surface area contributed by atoms with E-state index in [0.29, 0.717) is 0 Å². The van der Waals surface area contributed by atoms with Gasteiger partial charge in [-0.15, -0.1) is 0 Å². The summed E-state index contributed by atoms with van der Waals surface area (Å²) in [6, 6.07) is 1.75. The summed E-state index contributed by atoms with van der Waals surface area (Å²) >= 11 is 0. The maximum Gasteiger partial charge on any atom is 0.213 e. The van der Waals surface area contributed by atoms with E-state index in [2.05, 4.69) is 27.7 Å². The van der Waals surface area contributed by atoms with Crippen molar-refractivity contribution in [2.24, 2.45) is 0 Å². The summed E-state index contributed by atoms with van der Waals surface area (Å²) in [7, 11) is 4.25. The third-order valence-electron chi connectivity index (χ3n) is 0. The van der Waals surface area contributed by atoms with E-state index in [-0.39, 0.29) is 27.7 Å². The number of hydrogen-bond donors (Lipinski definition) is 2. The van der Waals surface area contributed by atoms with Crippen LogP contribution in [0.4, 0.5) is 0 Å². The van der Waals surface area contributed by atoms with E-state index in [1.807, 2.05) is 0 Å². The van der Waals surface area contributed by atoms with Gasteiger partial charge >= 0.3 is 0 Å². The normalized spacial score (nSPS) is 3.18. The molecule has 8 nitrogen and oxygen atoms in total. The van der Waals surface area contributed by atoms with Crippen LogP contribution in [-0.2, 0) is 16.8 Å². The van der Waals surface area contributed by atoms with E-state index < -0.39 is 0 Å². The molecule has 0 atom stereocenters. The third kappa shape index (κ3) is 9850. The average molecular weight is 377 g/mol. The number of nitrogens with zero attached hydrogens (tertiary/aromatic N) is 1. The summed E-state index contributed by atoms with van der Waals surface area (Å²) < 4.78 is 0. The zero-order valence-corrected chi connectivity index (χ0v) is 15.7. The molecule has 0 aliphatic carbocycles. The molecule has 0 aromatic rings. The van der Waals surface area contributed by atoms with Gasteiger partial charge in [0.25, 0.3) is 0 Å². The Balaban J connectivity index is -0.00000000692. The van der Waals surface area contributed by atoms with Gasteiger partial charge in [-0.2, -0.15) is 26.6 Å². The molecule has 0 aromatic heterocycles. The molecule has 9 heteroatoms. The van der Waals surface area contributed by atoms with E-state index in [9.17, 15) is 0 Å². The summed E-state index contributed by atoms with van der Waals surface area (Å²) in [5.41, 5.74) is 0. The first-order chi connectivity index (χ1) is 9.24. The molecule has 0 aromatic carbocycles. The molecule has 0 spiro atoms. The van der Waals surface area contributed by atoms with Gasteiger partial charge in [-0.25, -0.2) is 0 Å². The third-order valence-corrected chi connectivity index (χ3v) is 0. The van der Waals surface area contributed by atoms with Gasteiger partial charge in [0.15, 0.2) is 0 Å². The molecule has 143 valence electrons. The molecule has 0 amide bonds. The molecule has 0 aliphatic heterocycles. The Morgan fingerprint density at radius 2 is 0.727 bits per heavy atom. The molecule has 0 aliphatic rings. The van der Waals surface area contributed by atoms with Crippen molar-refractivity contribution < 1.29 is 53.3 Å². The number of aliphatic hydroxyl groups is 2. The van der Waals surface area contributed by atoms with Crippen LogP contribution in [0.15, 0.2) is 0 Å². The minimum absolute atomic E-state index is 0. The van der Waals surface area contributed by atoms with Crippen molar-refractivity contribution in [1.82, 2.24) is 0 Å². The van der Waals surface area contributed by atoms with Crippen molar-refractivity contribution in [3.05, 3.63) is 27.7 Å². The van der Waals surface area contributed by atoms with Gasteiger partial charge in [0.2, 0.25) is 12.8 Å². The molecule has 0 rings (SSSR count). The first-order valence-electron chi connectivity index (χ1n) is 4.84. The van der Waals surface area contributed by atoms with Crippen LogP contribution in [0.1, 0.15) is 19.8 Å². The molecule has 0 unspecified atom stereocenters. The fraction of sp³-hybridized carbons (Fsp3) is 0.615. The van der Waals surface area contributed by atoms with E-state index in [0.717, 1.165) is 48.4 Å². The van der Waals surface area contributed by atoms with Crippen molar-refractivity contribution in [2.75, 3.05) is 35.5 Å². The molecule has 22 heavy (non-hydrogen) atoms. The van der Waals surface area contributed by atoms with E-state index in [1.54, 1.807) is 6.07 Å². The predicted octanol–water partition coefficient (Wildman–Crippen LogP) is -2.89. The maximum absolute atomic E-state index is 8.25. The Morgan fingerprint density at radius 1 is 0.727 bits per heavy atom. The summed E-state index contributed by atoms with van der Waals surface area (Å²) in [5.74, 6) is 0. The van der Waals surface area contributed by atoms with Crippen LogP contribution in [0.2, 0.25) is 0 Å². The standard InChI is InChI=1S/2C3H6.C2H3N.2CH4O.3CH3O.Co.2H2O/c2*1-3-2;1-2-3;5*1-2;;;/h2*1-3H2;1H3;2*2H,1H3;3*1H3;;2*1H2/q2*+2;;;;3*-1;;;. The Labute approximate surface area is 148 Å². The van der Waals surface area contributed by atoms with Crippen molar-refractivity contribution in [2.45, 2.75) is 19.8 Å². The van der Waals surface area contributed by atoms with Crippen LogP contribution >= 0.6 is 0 Å². The van der Waals surface area contributed by atoms with Crippen LogP contribution in [0, 0.1) is 39.0 Å². The first-order valence-corrected chi connectivity index (χ1v) is 4.84. The predicted molar refractivity (Wildman–Crippen MR) is 83.2 cm³/mol. The molecule has 0 saturated heterocycles. The molecule has 6 N–H and O–H groups in total. The average Bonchev–Trinajstić information content (AvgIpc) is 2.51. The van der Waals surface area contributed by atoms with Crippen molar-refractivity contribution in [1.29, 1.82) is 5.26 Å². The van der Waals surface area contributed by atoms with Gasteiger partial charge in [0, 0.05) is 37.9 Å². The van der Waals surface area contributed by atoms with Gasteiger partial charge in [-0.05, 0) is 0 Å². The van der Waals surface area contributed by atoms with Crippen molar-refractivity contribution in [3.8, 4) is 6.07 Å². The Morgan fingerprint density at radius 3 is 0.727 bits per heavy atom. The second-order valence-corrected chi connectivity index (χ2v) is 0.931. The van der Waals surface area contributed by atoms with Crippen LogP contribution in [0.25, 0.3) is 0 Å². The minimum atomic E-state index is 0. The second-order valence-electron chi connectivity index (χ2n) is 0.931. The SMILES string of the molecule is CC#N.CO.CO.C[O-].C[O-].C[O-].O.O.[CH2+]C[CH2+].[CH2+]C[CH2+].[Co]. The summed E-state index contributed by atoms with van der Waals surface area (Å²) in [4.78, 5) is 0. The fourth-order valence-electron chi connectivity index (χ4n) is 0. The Bertz CT molecular complexity index is 66.8. The molecular formula is C13H36CoNO7+. The quantitative estimate of drug-likeness (QED) is 0.425. The monoisotopic (exact) mass is 377 g/mol. The smallest absolute Gasteiger partial charge is 0.213 e. The van der Waals surface area contributed by atoms with Crippen LogP contribution < -0.4 is 15.3 Å². The molecular weight excluding hydrogens is 341 g/mol. The van der Waals surface area contributed by atoms with E-state index in [4.69, 9.17) is 30.8 Å². The number of nitriles is 1. The van der Waals surface area contributed by atoms with Gasteiger partial charge in [0.05, 0.1) is 6.07 Å². The van der Waals surface area contributed by atoms with Gasteiger partial charge in [-0.3, -0.25) is 0 Å². The summed E-state index contributed by atoms with van der Waals surface area (Å²) in [6.07, 6.45) is 1.50. The van der Waals surface area contributed by atoms with E-state index in [1.165, 1.54) is 6.92 Å². The van der Waals surface area contributed by atoms with Crippen LogP contribution in [0.5, 0.6) is 0 Å². The topological polar surface area (TPSA) is 196 Å². The first kappa shape index (κ1) is 83.2. The van der Waals surface area contributed by atoms with Crippen LogP contribution in [0.3, 0.4) is 0 Å². The zero-order valence-electron chi connectivity index (χ0n) is 14.6. The maximum atomic E-state index is 8.25. The summed E-state index contributed by atoms with van der Waals surface area (Å²) in [6.45, 7) is 14.9. The van der Waals surface area contributed by atoms with Gasteiger partial charge in [-0.1, -0.05) is 0 Å². The molecule has 0 heterocycles.